The van der Waals surface area contributed by atoms with E-state index in [1.807, 2.05) is 26.2 Å². The maximum atomic E-state index is 13.9. The highest BCUT2D eigenvalue weighted by Crippen LogP contribution is 2.27. The third-order valence-corrected chi connectivity index (χ3v) is 3.81. The summed E-state index contributed by atoms with van der Waals surface area (Å²) in [5, 5.41) is 3.48. The van der Waals surface area contributed by atoms with Gasteiger partial charge in [0.15, 0.2) is 0 Å². The van der Waals surface area contributed by atoms with E-state index in [0.717, 1.165) is 17.9 Å². The van der Waals surface area contributed by atoms with Crippen LogP contribution in [0.2, 0.25) is 0 Å². The average molecular weight is 285 g/mol. The zero-order valence-electron chi connectivity index (χ0n) is 12.4. The molecule has 0 atom stereocenters. The average Bonchev–Trinajstić information content (AvgIpc) is 3.29. The van der Waals surface area contributed by atoms with Crippen molar-refractivity contribution in [2.24, 2.45) is 0 Å². The van der Waals surface area contributed by atoms with Gasteiger partial charge >= 0.3 is 0 Å². The summed E-state index contributed by atoms with van der Waals surface area (Å²) in [5.74, 6) is 0.552. The second kappa shape index (κ2) is 5.82. The van der Waals surface area contributed by atoms with Gasteiger partial charge in [0.25, 0.3) is 0 Å². The highest BCUT2D eigenvalue weighted by Gasteiger charge is 2.20. The molecule has 1 saturated carbocycles. The van der Waals surface area contributed by atoms with E-state index in [-0.39, 0.29) is 5.82 Å². The fraction of sp³-hybridized carbons (Fsp3) is 0.353. The Bertz CT molecular complexity index is 638. The Balaban J connectivity index is 1.79. The van der Waals surface area contributed by atoms with Crippen molar-refractivity contribution in [1.29, 1.82) is 0 Å². The van der Waals surface area contributed by atoms with Crippen molar-refractivity contribution < 1.29 is 4.39 Å². The first-order valence-electron chi connectivity index (χ1n) is 7.32. The van der Waals surface area contributed by atoms with Crippen LogP contribution in [0.4, 0.5) is 15.9 Å². The zero-order chi connectivity index (χ0) is 14.8. The lowest BCUT2D eigenvalue weighted by atomic mass is 10.2. The van der Waals surface area contributed by atoms with Crippen molar-refractivity contribution in [3.8, 4) is 0 Å². The number of halogens is 1. The molecule has 110 valence electrons. The molecule has 3 rings (SSSR count). The van der Waals surface area contributed by atoms with E-state index in [0.29, 0.717) is 11.7 Å². The quantitative estimate of drug-likeness (QED) is 0.910. The Morgan fingerprint density at radius 2 is 2.10 bits per heavy atom. The molecule has 0 amide bonds. The highest BCUT2D eigenvalue weighted by molar-refractivity contribution is 5.62. The van der Waals surface area contributed by atoms with E-state index < -0.39 is 0 Å². The Labute approximate surface area is 124 Å². The Morgan fingerprint density at radius 3 is 2.76 bits per heavy atom. The van der Waals surface area contributed by atoms with Crippen molar-refractivity contribution in [2.45, 2.75) is 32.4 Å². The van der Waals surface area contributed by atoms with Gasteiger partial charge in [0.05, 0.1) is 5.69 Å². The monoisotopic (exact) mass is 285 g/mol. The summed E-state index contributed by atoms with van der Waals surface area (Å²) >= 11 is 0. The number of para-hydroxylation sites is 1. The molecule has 1 aliphatic rings. The van der Waals surface area contributed by atoms with Gasteiger partial charge in [-0.15, -0.1) is 0 Å². The number of aromatic nitrogens is 1. The van der Waals surface area contributed by atoms with Crippen LogP contribution >= 0.6 is 0 Å². The minimum absolute atomic E-state index is 0.235. The van der Waals surface area contributed by atoms with E-state index in [1.165, 1.54) is 24.5 Å². The third-order valence-electron chi connectivity index (χ3n) is 3.81. The van der Waals surface area contributed by atoms with Gasteiger partial charge in [-0.05, 0) is 49.1 Å². The van der Waals surface area contributed by atoms with Crippen LogP contribution in [0.5, 0.6) is 0 Å². The second-order valence-electron chi connectivity index (χ2n) is 5.65. The Morgan fingerprint density at radius 1 is 1.33 bits per heavy atom. The van der Waals surface area contributed by atoms with Gasteiger partial charge in [0, 0.05) is 25.8 Å². The molecule has 0 aliphatic heterocycles. The van der Waals surface area contributed by atoms with Crippen LogP contribution in [0.1, 0.15) is 24.0 Å². The standard InChI is InChI=1S/C17H20FN3/c1-12-9-13(10-19-14-7-8-14)11-20-17(12)21(2)16-6-4-3-5-15(16)18/h3-6,9,11,14,19H,7-8,10H2,1-2H3. The number of benzene rings is 1. The molecule has 1 aromatic heterocycles. The number of anilines is 2. The summed E-state index contributed by atoms with van der Waals surface area (Å²) in [6, 6.07) is 9.56. The van der Waals surface area contributed by atoms with Crippen LogP contribution in [0, 0.1) is 12.7 Å². The zero-order valence-corrected chi connectivity index (χ0v) is 12.4. The molecule has 1 heterocycles. The fourth-order valence-electron chi connectivity index (χ4n) is 2.46. The van der Waals surface area contributed by atoms with Gasteiger partial charge in [0.1, 0.15) is 11.6 Å². The van der Waals surface area contributed by atoms with Gasteiger partial charge in [0.2, 0.25) is 0 Å². The van der Waals surface area contributed by atoms with Crippen molar-refractivity contribution in [1.82, 2.24) is 10.3 Å². The number of aryl methyl sites for hydroxylation is 1. The molecule has 21 heavy (non-hydrogen) atoms. The predicted octanol–water partition coefficient (Wildman–Crippen LogP) is 3.55. The Kier molecular flexibility index (Phi) is 3.88. The van der Waals surface area contributed by atoms with Gasteiger partial charge in [-0.25, -0.2) is 9.37 Å². The van der Waals surface area contributed by atoms with Crippen molar-refractivity contribution in [3.05, 3.63) is 53.5 Å². The second-order valence-corrected chi connectivity index (χ2v) is 5.65. The summed E-state index contributed by atoms with van der Waals surface area (Å²) < 4.78 is 13.9. The van der Waals surface area contributed by atoms with E-state index in [4.69, 9.17) is 0 Å². The Hall–Kier alpha value is -1.94. The first kappa shape index (κ1) is 14.0. The topological polar surface area (TPSA) is 28.2 Å². The summed E-state index contributed by atoms with van der Waals surface area (Å²) in [6.07, 6.45) is 4.43. The molecule has 1 fully saturated rings. The largest absolute Gasteiger partial charge is 0.327 e. The number of pyridine rings is 1. The predicted molar refractivity (Wildman–Crippen MR) is 83.3 cm³/mol. The molecule has 4 heteroatoms. The van der Waals surface area contributed by atoms with Gasteiger partial charge in [-0.2, -0.15) is 0 Å². The number of hydrogen-bond acceptors (Lipinski definition) is 3. The minimum Gasteiger partial charge on any atom is -0.327 e. The van der Waals surface area contributed by atoms with Crippen molar-refractivity contribution >= 4 is 11.5 Å². The molecule has 0 radical (unpaired) electrons. The molecule has 1 N–H and O–H groups in total. The van der Waals surface area contributed by atoms with Crippen LogP contribution in [-0.4, -0.2) is 18.1 Å². The van der Waals surface area contributed by atoms with E-state index in [9.17, 15) is 4.39 Å². The summed E-state index contributed by atoms with van der Waals surface area (Å²) in [7, 11) is 1.84. The van der Waals surface area contributed by atoms with E-state index in [2.05, 4.69) is 16.4 Å². The summed E-state index contributed by atoms with van der Waals surface area (Å²) in [5.41, 5.74) is 2.76. The highest BCUT2D eigenvalue weighted by atomic mass is 19.1. The number of hydrogen-bond donors (Lipinski definition) is 1. The molecule has 0 unspecified atom stereocenters. The lowest BCUT2D eigenvalue weighted by molar-refractivity contribution is 0.627. The first-order valence-corrected chi connectivity index (χ1v) is 7.32. The number of nitrogens with zero attached hydrogens (tertiary/aromatic N) is 2. The van der Waals surface area contributed by atoms with Gasteiger partial charge in [-0.3, -0.25) is 0 Å². The SMILES string of the molecule is Cc1cc(CNC2CC2)cnc1N(C)c1ccccc1F. The summed E-state index contributed by atoms with van der Waals surface area (Å²) in [6.45, 7) is 2.86. The molecule has 0 saturated heterocycles. The maximum absolute atomic E-state index is 13.9. The molecule has 0 bridgehead atoms. The van der Waals surface area contributed by atoms with Crippen LogP contribution < -0.4 is 10.2 Å². The van der Waals surface area contributed by atoms with Crippen LogP contribution in [0.3, 0.4) is 0 Å². The van der Waals surface area contributed by atoms with Crippen LogP contribution in [0.15, 0.2) is 36.5 Å². The lowest BCUT2D eigenvalue weighted by Gasteiger charge is -2.21. The number of rotatable bonds is 5. The molecule has 2 aromatic rings. The fourth-order valence-corrected chi connectivity index (χ4v) is 2.46. The molecular formula is C17H20FN3. The minimum atomic E-state index is -0.235. The lowest BCUT2D eigenvalue weighted by Crippen LogP contribution is -2.17. The smallest absolute Gasteiger partial charge is 0.146 e. The van der Waals surface area contributed by atoms with Gasteiger partial charge in [-0.1, -0.05) is 12.1 Å². The number of nitrogens with one attached hydrogen (secondary N) is 1. The maximum Gasteiger partial charge on any atom is 0.146 e. The van der Waals surface area contributed by atoms with Crippen molar-refractivity contribution in [2.75, 3.05) is 11.9 Å². The van der Waals surface area contributed by atoms with Crippen molar-refractivity contribution in [3.63, 3.8) is 0 Å². The normalized spacial score (nSPS) is 14.2. The molecule has 1 aromatic carbocycles. The van der Waals surface area contributed by atoms with E-state index >= 15 is 0 Å². The first-order chi connectivity index (χ1) is 10.1. The third kappa shape index (κ3) is 3.22. The molecular weight excluding hydrogens is 265 g/mol. The van der Waals surface area contributed by atoms with E-state index in [1.54, 1.807) is 17.0 Å². The van der Waals surface area contributed by atoms with Crippen LogP contribution in [-0.2, 0) is 6.54 Å². The van der Waals surface area contributed by atoms with Gasteiger partial charge < -0.3 is 10.2 Å². The molecule has 0 spiro atoms. The summed E-state index contributed by atoms with van der Waals surface area (Å²) in [4.78, 5) is 6.31. The molecule has 3 nitrogen and oxygen atoms in total. The molecule has 1 aliphatic carbocycles. The van der Waals surface area contributed by atoms with Crippen LogP contribution in [0.25, 0.3) is 0 Å².